The van der Waals surface area contributed by atoms with E-state index < -0.39 is 0 Å². The van der Waals surface area contributed by atoms with Crippen molar-refractivity contribution in [1.82, 2.24) is 0 Å². The molecule has 0 nitrogen and oxygen atoms in total. The van der Waals surface area contributed by atoms with Gasteiger partial charge in [0.25, 0.3) is 0 Å². The second-order valence-electron chi connectivity index (χ2n) is 3.93. The lowest BCUT2D eigenvalue weighted by Crippen LogP contribution is -1.68. The predicted molar refractivity (Wildman–Crippen MR) is 96.3 cm³/mol. The molecule has 0 saturated heterocycles. The van der Waals surface area contributed by atoms with Crippen molar-refractivity contribution >= 4 is 73.4 Å². The molecular weight excluding hydrogens is 328 g/mol. The molecule has 5 heteroatoms. The molecule has 4 rings (SSSR count). The third-order valence-electron chi connectivity index (χ3n) is 2.72. The van der Waals surface area contributed by atoms with Crippen LogP contribution in [0.25, 0.3) is 15.0 Å². The minimum Gasteiger partial charge on any atom is -0.135 e. The van der Waals surface area contributed by atoms with Crippen molar-refractivity contribution in [3.63, 3.8) is 0 Å². The molecular formula is C14H8S5. The topological polar surface area (TPSA) is 0 Å². The summed E-state index contributed by atoms with van der Waals surface area (Å²) in [6.45, 7) is 0. The van der Waals surface area contributed by atoms with E-state index in [-0.39, 0.29) is 0 Å². The summed E-state index contributed by atoms with van der Waals surface area (Å²) in [4.78, 5) is 2.78. The number of thiophene rings is 1. The van der Waals surface area contributed by atoms with Crippen LogP contribution in [0.3, 0.4) is 0 Å². The first-order valence-corrected chi connectivity index (χ1v) is 9.93. The second-order valence-corrected chi connectivity index (χ2v) is 9.30. The quantitative estimate of drug-likeness (QED) is 0.564. The lowest BCUT2D eigenvalue weighted by Gasteiger charge is -2.00. The van der Waals surface area contributed by atoms with Crippen molar-refractivity contribution in [3.05, 3.63) is 59.9 Å². The molecule has 0 aliphatic carbocycles. The van der Waals surface area contributed by atoms with Crippen LogP contribution in [0.5, 0.6) is 0 Å². The zero-order chi connectivity index (χ0) is 12.7. The number of thioether (sulfide) groups is 4. The normalized spacial score (nSPS) is 18.6. The Labute approximate surface area is 132 Å². The second kappa shape index (κ2) is 5.30. The van der Waals surface area contributed by atoms with Gasteiger partial charge in [0.05, 0.1) is 8.47 Å². The predicted octanol–water partition coefficient (Wildman–Crippen LogP) is 6.76. The first-order valence-electron chi connectivity index (χ1n) is 5.66. The first kappa shape index (κ1) is 12.5. The summed E-state index contributed by atoms with van der Waals surface area (Å²) >= 11 is 9.32. The van der Waals surface area contributed by atoms with E-state index in [9.17, 15) is 0 Å². The Bertz CT molecular complexity index is 692. The Hall–Kier alpha value is -0.200. The molecule has 0 bridgehead atoms. The van der Waals surface area contributed by atoms with E-state index in [1.807, 2.05) is 58.4 Å². The number of hydrogen-bond donors (Lipinski definition) is 0. The summed E-state index contributed by atoms with van der Waals surface area (Å²) in [6, 6.07) is 10.9. The number of rotatable bonds is 1. The highest BCUT2D eigenvalue weighted by Gasteiger charge is 2.20. The van der Waals surface area contributed by atoms with Crippen molar-refractivity contribution in [3.8, 4) is 0 Å². The minimum atomic E-state index is 1.35. The Balaban J connectivity index is 1.65. The number of hydrogen-bond acceptors (Lipinski definition) is 5. The van der Waals surface area contributed by atoms with Crippen LogP contribution in [0.15, 0.2) is 55.0 Å². The molecule has 3 heterocycles. The van der Waals surface area contributed by atoms with Gasteiger partial charge in [-0.15, -0.1) is 11.3 Å². The third kappa shape index (κ3) is 2.43. The Morgan fingerprint density at radius 2 is 1.68 bits per heavy atom. The Morgan fingerprint density at radius 3 is 2.53 bits per heavy atom. The minimum absolute atomic E-state index is 1.35. The SMILES string of the molecule is C1=CSC(=C2SC=C(c3cc4ccccc4s3)S2)S1. The molecule has 0 saturated carbocycles. The molecule has 0 atom stereocenters. The monoisotopic (exact) mass is 336 g/mol. The lowest BCUT2D eigenvalue weighted by molar-refractivity contribution is 1.85. The lowest BCUT2D eigenvalue weighted by atomic mass is 10.2. The maximum absolute atomic E-state index is 2.31. The summed E-state index contributed by atoms with van der Waals surface area (Å²) in [6.07, 6.45) is 0. The maximum Gasteiger partial charge on any atom is 0.0700 e. The molecule has 0 unspecified atom stereocenters. The van der Waals surface area contributed by atoms with Gasteiger partial charge in [-0.1, -0.05) is 65.2 Å². The van der Waals surface area contributed by atoms with Gasteiger partial charge in [0.1, 0.15) is 0 Å². The van der Waals surface area contributed by atoms with E-state index in [4.69, 9.17) is 0 Å². The molecule has 0 spiro atoms. The molecule has 1 aromatic heterocycles. The molecule has 19 heavy (non-hydrogen) atoms. The van der Waals surface area contributed by atoms with Gasteiger partial charge in [0, 0.05) is 14.5 Å². The Morgan fingerprint density at radius 1 is 0.842 bits per heavy atom. The van der Waals surface area contributed by atoms with Crippen molar-refractivity contribution in [2.75, 3.05) is 0 Å². The Kier molecular flexibility index (Phi) is 3.49. The standard InChI is InChI=1S/C14H8S5/c1-2-4-10-9(3-1)7-11(18-10)12-8-17-14(19-12)13-15-5-6-16-13/h1-8H. The maximum atomic E-state index is 2.31. The van der Waals surface area contributed by atoms with Crippen molar-refractivity contribution in [2.45, 2.75) is 0 Å². The molecule has 0 N–H and O–H groups in total. The summed E-state index contributed by atoms with van der Waals surface area (Å²) in [5.41, 5.74) is 0. The zero-order valence-corrected chi connectivity index (χ0v) is 13.7. The summed E-state index contributed by atoms with van der Waals surface area (Å²) in [5.74, 6) is 0. The number of benzene rings is 1. The summed E-state index contributed by atoms with van der Waals surface area (Å²) < 4.78 is 4.21. The van der Waals surface area contributed by atoms with Crippen LogP contribution in [0, 0.1) is 0 Å². The molecule has 2 aromatic rings. The largest absolute Gasteiger partial charge is 0.135 e. The summed E-state index contributed by atoms with van der Waals surface area (Å²) in [5, 5.41) is 7.95. The average Bonchev–Trinajstić information content (AvgIpc) is 3.17. The summed E-state index contributed by atoms with van der Waals surface area (Å²) in [7, 11) is 0. The molecule has 94 valence electrons. The van der Waals surface area contributed by atoms with E-state index >= 15 is 0 Å². The van der Waals surface area contributed by atoms with E-state index in [2.05, 4.69) is 46.6 Å². The highest BCUT2D eigenvalue weighted by Crippen LogP contribution is 2.56. The van der Waals surface area contributed by atoms with Crippen LogP contribution in [0.2, 0.25) is 0 Å². The van der Waals surface area contributed by atoms with Gasteiger partial charge in [-0.05, 0) is 33.7 Å². The van der Waals surface area contributed by atoms with E-state index in [1.54, 1.807) is 0 Å². The average molecular weight is 337 g/mol. The van der Waals surface area contributed by atoms with Crippen LogP contribution in [-0.2, 0) is 0 Å². The number of fused-ring (bicyclic) bond motifs is 1. The fourth-order valence-corrected chi connectivity index (χ4v) is 7.54. The van der Waals surface area contributed by atoms with Crippen LogP contribution >= 0.6 is 58.4 Å². The van der Waals surface area contributed by atoms with E-state index in [0.29, 0.717) is 0 Å². The van der Waals surface area contributed by atoms with Crippen LogP contribution in [0.1, 0.15) is 4.88 Å². The molecule has 1 aromatic carbocycles. The fraction of sp³-hybridized carbons (Fsp3) is 0. The van der Waals surface area contributed by atoms with Gasteiger partial charge in [-0.25, -0.2) is 0 Å². The van der Waals surface area contributed by atoms with Gasteiger partial charge in [-0.3, -0.25) is 0 Å². The highest BCUT2D eigenvalue weighted by atomic mass is 32.2. The van der Waals surface area contributed by atoms with Gasteiger partial charge in [-0.2, -0.15) is 0 Å². The fourth-order valence-electron chi connectivity index (χ4n) is 1.86. The van der Waals surface area contributed by atoms with Gasteiger partial charge >= 0.3 is 0 Å². The van der Waals surface area contributed by atoms with Crippen molar-refractivity contribution in [1.29, 1.82) is 0 Å². The molecule has 0 fully saturated rings. The molecule has 0 radical (unpaired) electrons. The molecule has 2 aliphatic heterocycles. The molecule has 2 aliphatic rings. The van der Waals surface area contributed by atoms with Crippen LogP contribution < -0.4 is 0 Å². The highest BCUT2D eigenvalue weighted by molar-refractivity contribution is 8.35. The zero-order valence-electron chi connectivity index (χ0n) is 9.66. The smallest absolute Gasteiger partial charge is 0.0700 e. The van der Waals surface area contributed by atoms with E-state index in [1.165, 1.54) is 28.3 Å². The van der Waals surface area contributed by atoms with Gasteiger partial charge < -0.3 is 0 Å². The van der Waals surface area contributed by atoms with Crippen LogP contribution in [0.4, 0.5) is 0 Å². The van der Waals surface area contributed by atoms with Crippen molar-refractivity contribution < 1.29 is 0 Å². The molecule has 0 amide bonds. The third-order valence-corrected chi connectivity index (χ3v) is 9.05. The van der Waals surface area contributed by atoms with Gasteiger partial charge in [0.15, 0.2) is 0 Å². The van der Waals surface area contributed by atoms with Crippen LogP contribution in [-0.4, -0.2) is 0 Å². The first-order chi connectivity index (χ1) is 9.40. The van der Waals surface area contributed by atoms with E-state index in [0.717, 1.165) is 0 Å². The van der Waals surface area contributed by atoms with Gasteiger partial charge in [0.2, 0.25) is 0 Å². The van der Waals surface area contributed by atoms with Crippen molar-refractivity contribution in [2.24, 2.45) is 0 Å².